The third-order valence-electron chi connectivity index (χ3n) is 3.62. The Kier molecular flexibility index (Phi) is 6.71. The highest BCUT2D eigenvalue weighted by atomic mass is 127. The zero-order chi connectivity index (χ0) is 13.9. The molecule has 112 valence electrons. The Balaban J connectivity index is 0.00000200. The molecule has 1 atom stereocenters. The fourth-order valence-electron chi connectivity index (χ4n) is 2.36. The number of nitrogens with zero attached hydrogens (tertiary/aromatic N) is 1. The van der Waals surface area contributed by atoms with Crippen LogP contribution in [0.4, 0.5) is 5.69 Å². The summed E-state index contributed by atoms with van der Waals surface area (Å²) in [5.41, 5.74) is 6.79. The normalized spacial score (nSPS) is 22.4. The van der Waals surface area contributed by atoms with Gasteiger partial charge in [0.25, 0.3) is 0 Å². The van der Waals surface area contributed by atoms with E-state index in [0.717, 1.165) is 28.8 Å². The molecule has 1 amide bonds. The van der Waals surface area contributed by atoms with Gasteiger partial charge in [0, 0.05) is 15.8 Å². The molecule has 1 aromatic carbocycles. The molecule has 1 heterocycles. The van der Waals surface area contributed by atoms with Crippen LogP contribution in [-0.4, -0.2) is 37.0 Å². The van der Waals surface area contributed by atoms with Crippen LogP contribution in [0.1, 0.15) is 13.3 Å². The number of benzene rings is 1. The largest absolute Gasteiger partial charge is 0.330 e. The van der Waals surface area contributed by atoms with Gasteiger partial charge in [0.15, 0.2) is 0 Å². The van der Waals surface area contributed by atoms with Crippen LogP contribution in [-0.2, 0) is 4.79 Å². The van der Waals surface area contributed by atoms with Gasteiger partial charge in [0.1, 0.15) is 0 Å². The molecule has 0 aliphatic carbocycles. The topological polar surface area (TPSA) is 58.4 Å². The Labute approximate surface area is 140 Å². The monoisotopic (exact) mass is 409 g/mol. The van der Waals surface area contributed by atoms with E-state index in [1.54, 1.807) is 0 Å². The van der Waals surface area contributed by atoms with E-state index in [2.05, 4.69) is 39.7 Å². The molecule has 1 unspecified atom stereocenters. The third-order valence-corrected chi connectivity index (χ3v) is 4.34. The summed E-state index contributed by atoms with van der Waals surface area (Å²) in [5.74, 6) is 0.0440. The average Bonchev–Trinajstić information content (AvgIpc) is 2.74. The van der Waals surface area contributed by atoms with Crippen molar-refractivity contribution >= 4 is 46.6 Å². The van der Waals surface area contributed by atoms with Crippen molar-refractivity contribution in [3.05, 3.63) is 27.8 Å². The smallest absolute Gasteiger partial charge is 0.238 e. The van der Waals surface area contributed by atoms with Crippen LogP contribution in [0.5, 0.6) is 0 Å². The second-order valence-corrected chi connectivity index (χ2v) is 6.78. The summed E-state index contributed by atoms with van der Waals surface area (Å²) in [7, 11) is 0. The fourth-order valence-corrected chi connectivity index (χ4v) is 2.72. The Morgan fingerprint density at radius 2 is 2.10 bits per heavy atom. The number of hydrogen-bond acceptors (Lipinski definition) is 3. The molecule has 1 aliphatic rings. The predicted molar refractivity (Wildman–Crippen MR) is 93.3 cm³/mol. The van der Waals surface area contributed by atoms with E-state index in [0.29, 0.717) is 13.1 Å². The first-order chi connectivity index (χ1) is 9.00. The first kappa shape index (κ1) is 17.7. The van der Waals surface area contributed by atoms with Crippen LogP contribution < -0.4 is 11.1 Å². The number of carbonyl (C=O) groups excluding carboxylic acids is 1. The summed E-state index contributed by atoms with van der Waals surface area (Å²) in [5, 5.41) is 2.93. The molecule has 4 nitrogen and oxygen atoms in total. The molecule has 1 fully saturated rings. The molecule has 0 saturated carbocycles. The molecule has 0 bridgehead atoms. The minimum Gasteiger partial charge on any atom is -0.330 e. The highest BCUT2D eigenvalue weighted by molar-refractivity contribution is 14.1. The lowest BCUT2D eigenvalue weighted by molar-refractivity contribution is -0.117. The minimum absolute atomic E-state index is 0. The Hall–Kier alpha value is -0.370. The molecule has 0 aromatic heterocycles. The van der Waals surface area contributed by atoms with Crippen LogP contribution in [0, 0.1) is 8.99 Å². The number of rotatable bonds is 4. The van der Waals surface area contributed by atoms with Crippen LogP contribution in [0.15, 0.2) is 24.3 Å². The standard InChI is InChI=1S/C14H20IN3O.ClH/c1-14(9-16)6-7-18(10-14)8-13(19)17-12-4-2-11(15)3-5-12;/h2-5H,6-10,16H2,1H3,(H,17,19);1H. The summed E-state index contributed by atoms with van der Waals surface area (Å²) in [6.45, 7) is 5.17. The van der Waals surface area contributed by atoms with Gasteiger partial charge >= 0.3 is 0 Å². The van der Waals surface area contributed by atoms with Gasteiger partial charge in [-0.1, -0.05) is 6.92 Å². The first-order valence-corrected chi connectivity index (χ1v) is 7.56. The molecule has 1 saturated heterocycles. The number of hydrogen-bond donors (Lipinski definition) is 2. The van der Waals surface area contributed by atoms with Crippen LogP contribution in [0.3, 0.4) is 0 Å². The van der Waals surface area contributed by atoms with E-state index >= 15 is 0 Å². The molecular formula is C14H21ClIN3O. The third kappa shape index (κ3) is 4.87. The van der Waals surface area contributed by atoms with Gasteiger partial charge in [0.05, 0.1) is 6.54 Å². The number of carbonyl (C=O) groups is 1. The van der Waals surface area contributed by atoms with Gasteiger partial charge in [-0.2, -0.15) is 0 Å². The molecule has 1 aromatic rings. The van der Waals surface area contributed by atoms with Gasteiger partial charge < -0.3 is 11.1 Å². The number of nitrogens with one attached hydrogen (secondary N) is 1. The molecule has 2 rings (SSSR count). The zero-order valence-electron chi connectivity index (χ0n) is 11.6. The van der Waals surface area contributed by atoms with E-state index < -0.39 is 0 Å². The van der Waals surface area contributed by atoms with Crippen molar-refractivity contribution in [3.8, 4) is 0 Å². The molecule has 3 N–H and O–H groups in total. The van der Waals surface area contributed by atoms with Gasteiger partial charge in [0.2, 0.25) is 5.91 Å². The SMILES string of the molecule is CC1(CN)CCN(CC(=O)Nc2ccc(I)cc2)C1.Cl. The predicted octanol–water partition coefficient (Wildman–Crippen LogP) is 2.32. The summed E-state index contributed by atoms with van der Waals surface area (Å²) in [6.07, 6.45) is 1.07. The molecule has 0 radical (unpaired) electrons. The number of amides is 1. The molecular weight excluding hydrogens is 389 g/mol. The molecule has 1 aliphatic heterocycles. The van der Waals surface area contributed by atoms with Crippen molar-refractivity contribution in [2.24, 2.45) is 11.1 Å². The van der Waals surface area contributed by atoms with Crippen molar-refractivity contribution in [1.82, 2.24) is 4.90 Å². The quantitative estimate of drug-likeness (QED) is 0.751. The van der Waals surface area contributed by atoms with Crippen molar-refractivity contribution in [2.45, 2.75) is 13.3 Å². The van der Waals surface area contributed by atoms with E-state index in [1.807, 2.05) is 24.3 Å². The van der Waals surface area contributed by atoms with E-state index in [9.17, 15) is 4.79 Å². The van der Waals surface area contributed by atoms with E-state index in [-0.39, 0.29) is 23.7 Å². The van der Waals surface area contributed by atoms with Crippen molar-refractivity contribution in [2.75, 3.05) is 31.5 Å². The summed E-state index contributed by atoms with van der Waals surface area (Å²) >= 11 is 2.25. The second kappa shape index (κ2) is 7.59. The second-order valence-electron chi connectivity index (χ2n) is 5.53. The van der Waals surface area contributed by atoms with Gasteiger partial charge in [-0.15, -0.1) is 12.4 Å². The molecule has 6 heteroatoms. The fraction of sp³-hybridized carbons (Fsp3) is 0.500. The lowest BCUT2D eigenvalue weighted by Crippen LogP contribution is -2.35. The number of halogens is 2. The average molecular weight is 410 g/mol. The van der Waals surface area contributed by atoms with Crippen LogP contribution in [0.25, 0.3) is 0 Å². The summed E-state index contributed by atoms with van der Waals surface area (Å²) in [6, 6.07) is 7.82. The number of nitrogens with two attached hydrogens (primary N) is 1. The minimum atomic E-state index is 0. The summed E-state index contributed by atoms with van der Waals surface area (Å²) in [4.78, 5) is 14.1. The Morgan fingerprint density at radius 3 is 2.65 bits per heavy atom. The van der Waals surface area contributed by atoms with E-state index in [4.69, 9.17) is 5.73 Å². The Morgan fingerprint density at radius 1 is 1.45 bits per heavy atom. The van der Waals surface area contributed by atoms with Gasteiger partial charge in [-0.25, -0.2) is 0 Å². The van der Waals surface area contributed by atoms with Crippen LogP contribution in [0.2, 0.25) is 0 Å². The maximum Gasteiger partial charge on any atom is 0.238 e. The number of likely N-dealkylation sites (tertiary alicyclic amines) is 1. The number of anilines is 1. The summed E-state index contributed by atoms with van der Waals surface area (Å²) < 4.78 is 1.16. The van der Waals surface area contributed by atoms with Gasteiger partial charge in [-0.3, -0.25) is 9.69 Å². The maximum absolute atomic E-state index is 12.0. The van der Waals surface area contributed by atoms with Crippen LogP contribution >= 0.6 is 35.0 Å². The van der Waals surface area contributed by atoms with E-state index in [1.165, 1.54) is 0 Å². The zero-order valence-corrected chi connectivity index (χ0v) is 14.5. The highest BCUT2D eigenvalue weighted by Crippen LogP contribution is 2.28. The van der Waals surface area contributed by atoms with Crippen molar-refractivity contribution < 1.29 is 4.79 Å². The maximum atomic E-state index is 12.0. The first-order valence-electron chi connectivity index (χ1n) is 6.49. The van der Waals surface area contributed by atoms with Crippen molar-refractivity contribution in [1.29, 1.82) is 0 Å². The molecule has 0 spiro atoms. The van der Waals surface area contributed by atoms with Crippen molar-refractivity contribution in [3.63, 3.8) is 0 Å². The Bertz CT molecular complexity index is 454. The lowest BCUT2D eigenvalue weighted by Gasteiger charge is -2.22. The lowest BCUT2D eigenvalue weighted by atomic mass is 9.90. The van der Waals surface area contributed by atoms with Gasteiger partial charge in [-0.05, 0) is 71.8 Å². The molecule has 20 heavy (non-hydrogen) atoms. The highest BCUT2D eigenvalue weighted by Gasteiger charge is 2.32.